The number of nitro benzene ring substituents is 1. The minimum atomic E-state index is -4.02. The maximum absolute atomic E-state index is 11.9. The van der Waals surface area contributed by atoms with Gasteiger partial charge in [0.05, 0.1) is 9.82 Å². The van der Waals surface area contributed by atoms with Crippen molar-refractivity contribution < 1.29 is 18.4 Å². The van der Waals surface area contributed by atoms with E-state index in [0.29, 0.717) is 0 Å². The van der Waals surface area contributed by atoms with Crippen LogP contribution in [-0.4, -0.2) is 28.4 Å². The van der Waals surface area contributed by atoms with Gasteiger partial charge in [0, 0.05) is 18.5 Å². The number of phenolic OH excluding ortho intramolecular Hbond substituents is 1. The Bertz CT molecular complexity index is 710. The number of H-pyrrole nitrogens is 1. The average molecular weight is 284 g/mol. The fourth-order valence-corrected chi connectivity index (χ4v) is 2.32. The predicted molar refractivity (Wildman–Crippen MR) is 64.2 cm³/mol. The molecule has 10 heteroatoms. The van der Waals surface area contributed by atoms with Gasteiger partial charge in [0.2, 0.25) is 5.95 Å². The molecule has 1 heterocycles. The van der Waals surface area contributed by atoms with E-state index in [-0.39, 0.29) is 10.8 Å². The maximum atomic E-state index is 11.9. The Morgan fingerprint density at radius 1 is 1.42 bits per heavy atom. The lowest BCUT2D eigenvalue weighted by Gasteiger charge is -2.05. The van der Waals surface area contributed by atoms with E-state index < -0.39 is 26.4 Å². The van der Waals surface area contributed by atoms with Crippen LogP contribution < -0.4 is 4.72 Å². The van der Waals surface area contributed by atoms with Crippen molar-refractivity contribution in [3.8, 4) is 5.75 Å². The van der Waals surface area contributed by atoms with Crippen molar-refractivity contribution in [2.75, 3.05) is 4.72 Å². The van der Waals surface area contributed by atoms with Gasteiger partial charge >= 0.3 is 5.69 Å². The van der Waals surface area contributed by atoms with Crippen LogP contribution in [0.15, 0.2) is 35.5 Å². The molecule has 0 aliphatic rings. The van der Waals surface area contributed by atoms with E-state index in [0.717, 1.165) is 18.2 Å². The lowest BCUT2D eigenvalue weighted by Crippen LogP contribution is -2.14. The minimum Gasteiger partial charge on any atom is -0.502 e. The Balaban J connectivity index is 2.41. The molecule has 0 fully saturated rings. The number of aromatic hydroxyl groups is 1. The number of hydrogen-bond donors (Lipinski definition) is 3. The number of hydrogen-bond acceptors (Lipinski definition) is 6. The number of nitrogens with one attached hydrogen (secondary N) is 2. The molecule has 0 radical (unpaired) electrons. The fraction of sp³-hybridized carbons (Fsp3) is 0. The van der Waals surface area contributed by atoms with Crippen LogP contribution in [0, 0.1) is 10.1 Å². The molecule has 9 nitrogen and oxygen atoms in total. The van der Waals surface area contributed by atoms with Gasteiger partial charge in [-0.05, 0) is 12.1 Å². The Morgan fingerprint density at radius 3 is 2.74 bits per heavy atom. The molecule has 19 heavy (non-hydrogen) atoms. The van der Waals surface area contributed by atoms with E-state index in [1.165, 1.54) is 12.4 Å². The van der Waals surface area contributed by atoms with E-state index >= 15 is 0 Å². The molecule has 0 aliphatic carbocycles. The van der Waals surface area contributed by atoms with Gasteiger partial charge in [-0.1, -0.05) is 0 Å². The summed E-state index contributed by atoms with van der Waals surface area (Å²) in [5.74, 6) is -0.627. The van der Waals surface area contributed by atoms with E-state index in [2.05, 4.69) is 14.7 Å². The number of aromatic amines is 1. The second kappa shape index (κ2) is 4.57. The Kier molecular flexibility index (Phi) is 3.09. The third-order valence-corrected chi connectivity index (χ3v) is 3.52. The van der Waals surface area contributed by atoms with Gasteiger partial charge in [0.15, 0.2) is 5.75 Å². The highest BCUT2D eigenvalue weighted by Gasteiger charge is 2.21. The van der Waals surface area contributed by atoms with Gasteiger partial charge in [-0.2, -0.15) is 0 Å². The summed E-state index contributed by atoms with van der Waals surface area (Å²) < 4.78 is 25.9. The first-order chi connectivity index (χ1) is 8.90. The number of nitro groups is 1. The summed E-state index contributed by atoms with van der Waals surface area (Å²) in [4.78, 5) is 15.6. The molecule has 0 saturated heterocycles. The summed E-state index contributed by atoms with van der Waals surface area (Å²) in [6.07, 6.45) is 2.76. The number of nitrogens with zero attached hydrogens (tertiary/aromatic N) is 2. The smallest absolute Gasteiger partial charge is 0.312 e. The molecule has 1 aromatic heterocycles. The van der Waals surface area contributed by atoms with Crippen LogP contribution in [0.2, 0.25) is 0 Å². The van der Waals surface area contributed by atoms with E-state index in [4.69, 9.17) is 0 Å². The normalized spacial score (nSPS) is 11.2. The monoisotopic (exact) mass is 284 g/mol. The second-order valence-corrected chi connectivity index (χ2v) is 5.13. The van der Waals surface area contributed by atoms with Crippen LogP contribution in [0.4, 0.5) is 11.6 Å². The van der Waals surface area contributed by atoms with Crippen LogP contribution in [0.25, 0.3) is 0 Å². The number of benzene rings is 1. The molecule has 0 amide bonds. The van der Waals surface area contributed by atoms with Crippen LogP contribution in [0.1, 0.15) is 0 Å². The number of sulfonamides is 1. The highest BCUT2D eigenvalue weighted by Crippen LogP contribution is 2.28. The quantitative estimate of drug-likeness (QED) is 0.561. The zero-order chi connectivity index (χ0) is 14.0. The highest BCUT2D eigenvalue weighted by atomic mass is 32.2. The maximum Gasteiger partial charge on any atom is 0.312 e. The number of anilines is 1. The topological polar surface area (TPSA) is 138 Å². The van der Waals surface area contributed by atoms with Gasteiger partial charge in [-0.15, -0.1) is 0 Å². The van der Waals surface area contributed by atoms with Gasteiger partial charge in [-0.3, -0.25) is 10.1 Å². The largest absolute Gasteiger partial charge is 0.502 e. The van der Waals surface area contributed by atoms with Gasteiger partial charge < -0.3 is 10.1 Å². The molecule has 0 saturated carbocycles. The lowest BCUT2D eigenvalue weighted by atomic mass is 10.3. The minimum absolute atomic E-state index is 0.0178. The van der Waals surface area contributed by atoms with Crippen molar-refractivity contribution >= 4 is 21.7 Å². The number of rotatable bonds is 4. The number of imidazole rings is 1. The molecule has 0 aliphatic heterocycles. The standard InChI is InChI=1S/C9H8N4O5S/c14-8-2-1-6(5-7(8)13(15)16)19(17,18)12-9-10-3-4-11-9/h1-5,14H,(H2,10,11,12). The average Bonchev–Trinajstić information content (AvgIpc) is 2.80. The molecule has 3 N–H and O–H groups in total. The summed E-state index contributed by atoms with van der Waals surface area (Å²) >= 11 is 0. The zero-order valence-electron chi connectivity index (χ0n) is 9.27. The number of aromatic nitrogens is 2. The summed E-state index contributed by atoms with van der Waals surface area (Å²) in [5.41, 5.74) is -0.692. The molecule has 2 rings (SSSR count). The molecular formula is C9H8N4O5S. The molecule has 0 unspecified atom stereocenters. The Morgan fingerprint density at radius 2 is 2.16 bits per heavy atom. The summed E-state index contributed by atoms with van der Waals surface area (Å²) in [6.45, 7) is 0. The Labute approximate surface area is 107 Å². The summed E-state index contributed by atoms with van der Waals surface area (Å²) in [5, 5.41) is 19.9. The van der Waals surface area contributed by atoms with Crippen LogP contribution in [0.5, 0.6) is 5.75 Å². The molecule has 0 bridgehead atoms. The van der Waals surface area contributed by atoms with E-state index in [1.807, 2.05) is 0 Å². The Hall–Kier alpha value is -2.62. The molecule has 2 aromatic rings. The summed E-state index contributed by atoms with van der Waals surface area (Å²) in [6, 6.07) is 2.75. The van der Waals surface area contributed by atoms with Crippen molar-refractivity contribution in [2.45, 2.75) is 4.90 Å². The van der Waals surface area contributed by atoms with E-state index in [9.17, 15) is 23.6 Å². The van der Waals surface area contributed by atoms with Crippen molar-refractivity contribution in [3.05, 3.63) is 40.7 Å². The van der Waals surface area contributed by atoms with Gasteiger partial charge in [-0.25, -0.2) is 18.1 Å². The highest BCUT2D eigenvalue weighted by molar-refractivity contribution is 7.92. The SMILES string of the molecule is O=[N+]([O-])c1cc(S(=O)(=O)Nc2ncc[nH]2)ccc1O. The first-order valence-electron chi connectivity index (χ1n) is 4.90. The number of phenols is 1. The van der Waals surface area contributed by atoms with Crippen molar-refractivity contribution in [1.82, 2.24) is 9.97 Å². The molecular weight excluding hydrogens is 276 g/mol. The van der Waals surface area contributed by atoms with Crippen LogP contribution >= 0.6 is 0 Å². The molecule has 0 atom stereocenters. The third kappa shape index (κ3) is 2.63. The zero-order valence-corrected chi connectivity index (χ0v) is 10.1. The van der Waals surface area contributed by atoms with Crippen molar-refractivity contribution in [3.63, 3.8) is 0 Å². The van der Waals surface area contributed by atoms with Gasteiger partial charge in [0.1, 0.15) is 0 Å². The first-order valence-corrected chi connectivity index (χ1v) is 6.38. The second-order valence-electron chi connectivity index (χ2n) is 3.45. The molecule has 100 valence electrons. The molecule has 0 spiro atoms. The van der Waals surface area contributed by atoms with Crippen LogP contribution in [-0.2, 0) is 10.0 Å². The lowest BCUT2D eigenvalue weighted by molar-refractivity contribution is -0.386. The summed E-state index contributed by atoms with van der Waals surface area (Å²) in [7, 11) is -4.02. The van der Waals surface area contributed by atoms with Crippen LogP contribution in [0.3, 0.4) is 0 Å². The predicted octanol–water partition coefficient (Wildman–Crippen LogP) is 0.824. The third-order valence-electron chi connectivity index (χ3n) is 2.18. The molecule has 1 aromatic carbocycles. The van der Waals surface area contributed by atoms with Gasteiger partial charge in [0.25, 0.3) is 10.0 Å². The fourth-order valence-electron chi connectivity index (χ4n) is 1.32. The van der Waals surface area contributed by atoms with Crippen molar-refractivity contribution in [1.29, 1.82) is 0 Å². The van der Waals surface area contributed by atoms with Crippen molar-refractivity contribution in [2.24, 2.45) is 0 Å². The first kappa shape index (κ1) is 12.8. The van der Waals surface area contributed by atoms with E-state index in [1.54, 1.807) is 0 Å².